The molecule has 24 heavy (non-hydrogen) atoms. The highest BCUT2D eigenvalue weighted by Crippen LogP contribution is 1.83. The molecular formula is C15H30N2O7. The molecule has 0 aliphatic heterocycles. The van der Waals surface area contributed by atoms with Crippen molar-refractivity contribution in [3.63, 3.8) is 0 Å². The van der Waals surface area contributed by atoms with Gasteiger partial charge in [-0.2, -0.15) is 0 Å². The Morgan fingerprint density at radius 3 is 1.46 bits per heavy atom. The fourth-order valence-corrected chi connectivity index (χ4v) is 1.47. The standard InChI is InChI=1S/C15H30N2O7/c1-2-14(19)16-3-5-21-7-9-23-11-12-24-10-8-22-6-4-17-15(20)13-18/h18H,2-13H2,1H3,(H,16,19)(H,17,20). The summed E-state index contributed by atoms with van der Waals surface area (Å²) in [5.74, 6) is -0.396. The van der Waals surface area contributed by atoms with Crippen LogP contribution in [0.25, 0.3) is 0 Å². The summed E-state index contributed by atoms with van der Waals surface area (Å²) in [6.45, 7) is 5.80. The van der Waals surface area contributed by atoms with Gasteiger partial charge in [-0.1, -0.05) is 6.92 Å². The van der Waals surface area contributed by atoms with Crippen LogP contribution < -0.4 is 10.6 Å². The number of ether oxygens (including phenoxy) is 4. The van der Waals surface area contributed by atoms with E-state index in [1.54, 1.807) is 6.92 Å². The van der Waals surface area contributed by atoms with Crippen molar-refractivity contribution < 1.29 is 33.6 Å². The third-order valence-corrected chi connectivity index (χ3v) is 2.72. The first-order valence-electron chi connectivity index (χ1n) is 8.16. The maximum atomic E-state index is 10.9. The van der Waals surface area contributed by atoms with Gasteiger partial charge in [0.15, 0.2) is 0 Å². The van der Waals surface area contributed by atoms with Crippen molar-refractivity contribution in [1.82, 2.24) is 10.6 Å². The van der Waals surface area contributed by atoms with E-state index in [1.165, 1.54) is 0 Å². The Balaban J connectivity index is 3.05. The van der Waals surface area contributed by atoms with Gasteiger partial charge in [0.25, 0.3) is 0 Å². The molecule has 9 heteroatoms. The first kappa shape index (κ1) is 22.7. The molecule has 0 saturated heterocycles. The van der Waals surface area contributed by atoms with Crippen molar-refractivity contribution in [2.75, 3.05) is 72.6 Å². The molecule has 0 atom stereocenters. The molecule has 0 heterocycles. The van der Waals surface area contributed by atoms with Crippen molar-refractivity contribution in [2.45, 2.75) is 13.3 Å². The Morgan fingerprint density at radius 2 is 1.08 bits per heavy atom. The highest BCUT2D eigenvalue weighted by Gasteiger charge is 1.97. The number of aliphatic hydroxyl groups is 1. The van der Waals surface area contributed by atoms with Gasteiger partial charge in [0.2, 0.25) is 11.8 Å². The zero-order valence-electron chi connectivity index (χ0n) is 14.4. The molecule has 0 fully saturated rings. The molecule has 0 aromatic rings. The maximum absolute atomic E-state index is 10.9. The lowest BCUT2D eigenvalue weighted by Crippen LogP contribution is -2.29. The van der Waals surface area contributed by atoms with Crippen LogP contribution in [-0.4, -0.2) is 89.5 Å². The number of aliphatic hydroxyl groups excluding tert-OH is 1. The summed E-state index contributed by atoms with van der Waals surface area (Å²) in [7, 11) is 0. The van der Waals surface area contributed by atoms with Gasteiger partial charge in [0, 0.05) is 19.5 Å². The molecule has 2 amide bonds. The number of carbonyl (C=O) groups excluding carboxylic acids is 2. The number of hydrogen-bond donors (Lipinski definition) is 3. The molecule has 0 saturated carbocycles. The van der Waals surface area contributed by atoms with Crippen LogP contribution in [0, 0.1) is 0 Å². The molecule has 0 unspecified atom stereocenters. The fraction of sp³-hybridized carbons (Fsp3) is 0.867. The summed E-state index contributed by atoms with van der Waals surface area (Å²) in [4.78, 5) is 21.6. The zero-order chi connectivity index (χ0) is 17.9. The first-order valence-corrected chi connectivity index (χ1v) is 8.16. The van der Waals surface area contributed by atoms with Crippen LogP contribution >= 0.6 is 0 Å². The van der Waals surface area contributed by atoms with Crippen molar-refractivity contribution >= 4 is 11.8 Å². The minimum Gasteiger partial charge on any atom is -0.387 e. The third kappa shape index (κ3) is 17.1. The molecule has 142 valence electrons. The van der Waals surface area contributed by atoms with Crippen molar-refractivity contribution in [3.05, 3.63) is 0 Å². The first-order chi connectivity index (χ1) is 11.7. The second-order valence-corrected chi connectivity index (χ2v) is 4.66. The quantitative estimate of drug-likeness (QED) is 0.279. The molecule has 9 nitrogen and oxygen atoms in total. The van der Waals surface area contributed by atoms with Crippen LogP contribution in [0.3, 0.4) is 0 Å². The van der Waals surface area contributed by atoms with E-state index in [1.807, 2.05) is 0 Å². The molecule has 0 aliphatic carbocycles. The number of carbonyl (C=O) groups is 2. The number of hydrogen-bond acceptors (Lipinski definition) is 7. The summed E-state index contributed by atoms with van der Waals surface area (Å²) >= 11 is 0. The summed E-state index contributed by atoms with van der Waals surface area (Å²) in [5, 5.41) is 13.7. The van der Waals surface area contributed by atoms with E-state index >= 15 is 0 Å². The summed E-state index contributed by atoms with van der Waals surface area (Å²) in [5.41, 5.74) is 0. The van der Waals surface area contributed by atoms with E-state index in [9.17, 15) is 9.59 Å². The molecular weight excluding hydrogens is 320 g/mol. The van der Waals surface area contributed by atoms with Gasteiger partial charge in [-0.15, -0.1) is 0 Å². The van der Waals surface area contributed by atoms with Gasteiger partial charge in [0.1, 0.15) is 6.61 Å². The lowest BCUT2D eigenvalue weighted by Gasteiger charge is -2.08. The SMILES string of the molecule is CCC(=O)NCCOCCOCCOCCOCCNC(=O)CO. The Hall–Kier alpha value is -1.26. The van der Waals surface area contributed by atoms with E-state index in [0.717, 1.165) is 0 Å². The van der Waals surface area contributed by atoms with Crippen molar-refractivity contribution in [2.24, 2.45) is 0 Å². The van der Waals surface area contributed by atoms with E-state index in [0.29, 0.717) is 72.4 Å². The molecule has 0 radical (unpaired) electrons. The number of nitrogens with one attached hydrogen (secondary N) is 2. The third-order valence-electron chi connectivity index (χ3n) is 2.72. The summed E-state index contributed by atoms with van der Waals surface area (Å²) in [6.07, 6.45) is 0.481. The average molecular weight is 350 g/mol. The van der Waals surface area contributed by atoms with Gasteiger partial charge in [-0.25, -0.2) is 0 Å². The van der Waals surface area contributed by atoms with Crippen LogP contribution in [0.4, 0.5) is 0 Å². The predicted molar refractivity (Wildman–Crippen MR) is 86.7 cm³/mol. The molecule has 0 aromatic heterocycles. The molecule has 0 spiro atoms. The normalized spacial score (nSPS) is 10.6. The van der Waals surface area contributed by atoms with Gasteiger partial charge in [0.05, 0.1) is 52.9 Å². The Bertz CT molecular complexity index is 286. The van der Waals surface area contributed by atoms with Gasteiger partial charge in [-0.3, -0.25) is 9.59 Å². The molecule has 0 bridgehead atoms. The van der Waals surface area contributed by atoms with E-state index in [4.69, 9.17) is 24.1 Å². The lowest BCUT2D eigenvalue weighted by atomic mass is 10.4. The van der Waals surface area contributed by atoms with E-state index < -0.39 is 12.5 Å². The highest BCUT2D eigenvalue weighted by atomic mass is 16.6. The second kappa shape index (κ2) is 18.1. The van der Waals surface area contributed by atoms with Crippen LogP contribution in [0.5, 0.6) is 0 Å². The average Bonchev–Trinajstić information content (AvgIpc) is 2.60. The summed E-state index contributed by atoms with van der Waals surface area (Å²) < 4.78 is 21.1. The monoisotopic (exact) mass is 350 g/mol. The number of rotatable bonds is 17. The predicted octanol–water partition coefficient (Wildman–Crippen LogP) is -1.31. The van der Waals surface area contributed by atoms with E-state index in [-0.39, 0.29) is 5.91 Å². The van der Waals surface area contributed by atoms with Crippen molar-refractivity contribution in [3.8, 4) is 0 Å². The van der Waals surface area contributed by atoms with E-state index in [2.05, 4.69) is 10.6 Å². The molecule has 0 aromatic carbocycles. The highest BCUT2D eigenvalue weighted by molar-refractivity contribution is 5.76. The fourth-order valence-electron chi connectivity index (χ4n) is 1.47. The van der Waals surface area contributed by atoms with Gasteiger partial charge in [-0.05, 0) is 0 Å². The second-order valence-electron chi connectivity index (χ2n) is 4.66. The zero-order valence-corrected chi connectivity index (χ0v) is 14.4. The smallest absolute Gasteiger partial charge is 0.245 e. The largest absolute Gasteiger partial charge is 0.387 e. The molecule has 0 aliphatic rings. The molecule has 3 N–H and O–H groups in total. The lowest BCUT2D eigenvalue weighted by molar-refractivity contribution is -0.124. The van der Waals surface area contributed by atoms with Crippen LogP contribution in [-0.2, 0) is 28.5 Å². The molecule has 0 rings (SSSR count). The summed E-state index contributed by atoms with van der Waals surface area (Å²) in [6, 6.07) is 0. The van der Waals surface area contributed by atoms with Crippen LogP contribution in [0.15, 0.2) is 0 Å². The minimum absolute atomic E-state index is 0.0193. The van der Waals surface area contributed by atoms with Crippen LogP contribution in [0.2, 0.25) is 0 Å². The number of amides is 2. The van der Waals surface area contributed by atoms with Crippen molar-refractivity contribution in [1.29, 1.82) is 0 Å². The Morgan fingerprint density at radius 1 is 0.708 bits per heavy atom. The maximum Gasteiger partial charge on any atom is 0.245 e. The minimum atomic E-state index is -0.510. The topological polar surface area (TPSA) is 115 Å². The van der Waals surface area contributed by atoms with Gasteiger partial charge < -0.3 is 34.7 Å². The van der Waals surface area contributed by atoms with Crippen LogP contribution in [0.1, 0.15) is 13.3 Å². The van der Waals surface area contributed by atoms with Gasteiger partial charge >= 0.3 is 0 Å². The Labute approximate surface area is 143 Å². The Kier molecular flexibility index (Phi) is 17.1.